The highest BCUT2D eigenvalue weighted by molar-refractivity contribution is 5.86. The molecule has 0 aliphatic rings. The second kappa shape index (κ2) is 8.39. The molecule has 0 saturated carbocycles. The number of nitrogen functional groups attached to an aromatic ring is 1. The molecule has 1 aromatic carbocycles. The number of hydrogen-bond donors (Lipinski definition) is 2. The first kappa shape index (κ1) is 19.1. The van der Waals surface area contributed by atoms with Crippen molar-refractivity contribution in [3.8, 4) is 0 Å². The number of benzene rings is 1. The van der Waals surface area contributed by atoms with Gasteiger partial charge < -0.3 is 20.2 Å². The van der Waals surface area contributed by atoms with Gasteiger partial charge in [-0.25, -0.2) is 9.18 Å². The number of furan rings is 1. The van der Waals surface area contributed by atoms with Crippen LogP contribution in [-0.2, 0) is 17.9 Å². The minimum Gasteiger partial charge on any atom is -0.452 e. The second-order valence-corrected chi connectivity index (χ2v) is 6.11. The van der Waals surface area contributed by atoms with Crippen LogP contribution in [0, 0.1) is 5.82 Å². The first-order chi connectivity index (χ1) is 14.5. The largest absolute Gasteiger partial charge is 0.452 e. The normalized spacial score (nSPS) is 10.7. The quantitative estimate of drug-likeness (QED) is 0.442. The Hall–Kier alpha value is -4.28. The first-order valence-electron chi connectivity index (χ1n) is 8.81. The van der Waals surface area contributed by atoms with Gasteiger partial charge in [-0.1, -0.05) is 0 Å². The molecule has 0 aliphatic heterocycles. The summed E-state index contributed by atoms with van der Waals surface area (Å²) in [5, 5.41) is 6.95. The summed E-state index contributed by atoms with van der Waals surface area (Å²) < 4.78 is 25.4. The molecule has 3 aromatic heterocycles. The number of nitrogens with one attached hydrogen (secondary N) is 1. The van der Waals surface area contributed by atoms with Crippen LogP contribution < -0.4 is 11.1 Å². The van der Waals surface area contributed by atoms with Crippen LogP contribution in [-0.4, -0.2) is 30.7 Å². The lowest BCUT2D eigenvalue weighted by Crippen LogP contribution is -2.11. The summed E-state index contributed by atoms with van der Waals surface area (Å²) in [6.45, 7) is 0.154. The number of ether oxygens (including phenoxy) is 1. The Balaban J connectivity index is 1.38. The number of nitrogens with zero attached hydrogens (tertiary/aromatic N) is 5. The summed E-state index contributed by atoms with van der Waals surface area (Å²) >= 11 is 0. The summed E-state index contributed by atoms with van der Waals surface area (Å²) in [5.74, 6) is -0.212. The molecular weight excluding hydrogens is 393 g/mol. The molecule has 152 valence electrons. The third-order valence-electron chi connectivity index (χ3n) is 3.87. The van der Waals surface area contributed by atoms with Crippen molar-refractivity contribution in [2.75, 3.05) is 11.1 Å². The van der Waals surface area contributed by atoms with E-state index < -0.39 is 5.97 Å². The highest BCUT2D eigenvalue weighted by atomic mass is 19.1. The summed E-state index contributed by atoms with van der Waals surface area (Å²) in [6.07, 6.45) is 3.43. The lowest BCUT2D eigenvalue weighted by Gasteiger charge is -2.07. The number of carbonyl (C=O) groups is 1. The van der Waals surface area contributed by atoms with Crippen LogP contribution in [0.3, 0.4) is 0 Å². The second-order valence-electron chi connectivity index (χ2n) is 6.11. The van der Waals surface area contributed by atoms with Crippen molar-refractivity contribution < 1.29 is 18.3 Å². The number of hydrogen-bond acceptors (Lipinski definition) is 9. The van der Waals surface area contributed by atoms with Gasteiger partial charge in [-0.3, -0.25) is 4.68 Å². The molecule has 30 heavy (non-hydrogen) atoms. The number of aromatic nitrogens is 5. The maximum Gasteiger partial charge on any atom is 0.374 e. The number of anilines is 3. The van der Waals surface area contributed by atoms with Gasteiger partial charge in [-0.05, 0) is 42.5 Å². The van der Waals surface area contributed by atoms with Gasteiger partial charge in [0, 0.05) is 18.1 Å². The van der Waals surface area contributed by atoms with Crippen LogP contribution in [0.1, 0.15) is 22.1 Å². The highest BCUT2D eigenvalue weighted by Gasteiger charge is 2.15. The van der Waals surface area contributed by atoms with Crippen molar-refractivity contribution in [2.24, 2.45) is 0 Å². The van der Waals surface area contributed by atoms with Crippen LogP contribution in [0.2, 0.25) is 0 Å². The number of nitrogens with two attached hydrogens (primary N) is 1. The Morgan fingerprint density at radius 2 is 2.00 bits per heavy atom. The molecule has 4 aromatic rings. The van der Waals surface area contributed by atoms with E-state index in [-0.39, 0.29) is 35.9 Å². The number of halogens is 1. The van der Waals surface area contributed by atoms with E-state index in [4.69, 9.17) is 14.9 Å². The average Bonchev–Trinajstić information content (AvgIpc) is 3.40. The monoisotopic (exact) mass is 409 g/mol. The van der Waals surface area contributed by atoms with Gasteiger partial charge in [0.1, 0.15) is 11.6 Å². The third kappa shape index (κ3) is 4.76. The lowest BCUT2D eigenvalue weighted by molar-refractivity contribution is 0.0423. The average molecular weight is 409 g/mol. The van der Waals surface area contributed by atoms with Gasteiger partial charge in [0.25, 0.3) is 0 Å². The number of rotatable bonds is 7. The van der Waals surface area contributed by atoms with E-state index in [1.165, 1.54) is 30.3 Å². The zero-order valence-corrected chi connectivity index (χ0v) is 15.5. The Morgan fingerprint density at radius 3 is 2.77 bits per heavy atom. The lowest BCUT2D eigenvalue weighted by atomic mass is 10.3. The number of carbonyl (C=O) groups excluding carboxylic acids is 1. The standard InChI is InChI=1S/C19H16FN7O3/c20-12-2-4-13(5-3-12)23-19-25-16(24-18(21)26-19)11-29-17(28)15-7-6-14(30-15)10-27-9-1-8-22-27/h1-9H,10-11H2,(H3,21,23,24,25,26). The molecule has 3 N–H and O–H groups in total. The summed E-state index contributed by atoms with van der Waals surface area (Å²) in [6, 6.07) is 10.6. The Bertz CT molecular complexity index is 1140. The van der Waals surface area contributed by atoms with E-state index in [1.54, 1.807) is 29.2 Å². The van der Waals surface area contributed by atoms with Gasteiger partial charge in [-0.2, -0.15) is 20.1 Å². The molecule has 0 unspecified atom stereocenters. The van der Waals surface area contributed by atoms with Crippen molar-refractivity contribution in [3.05, 3.63) is 78.0 Å². The molecule has 0 saturated heterocycles. The Labute approximate surface area is 169 Å². The van der Waals surface area contributed by atoms with Gasteiger partial charge in [-0.15, -0.1) is 0 Å². The van der Waals surface area contributed by atoms with E-state index >= 15 is 0 Å². The van der Waals surface area contributed by atoms with E-state index in [2.05, 4.69) is 25.4 Å². The maximum absolute atomic E-state index is 13.0. The molecule has 0 amide bonds. The smallest absolute Gasteiger partial charge is 0.374 e. The van der Waals surface area contributed by atoms with E-state index in [0.717, 1.165) is 0 Å². The number of esters is 1. The zero-order valence-electron chi connectivity index (χ0n) is 15.5. The Kier molecular flexibility index (Phi) is 5.33. The van der Waals surface area contributed by atoms with Gasteiger partial charge >= 0.3 is 5.97 Å². The maximum atomic E-state index is 13.0. The van der Waals surface area contributed by atoms with Crippen LogP contribution in [0.15, 0.2) is 59.3 Å². The fraction of sp³-hybridized carbons (Fsp3) is 0.105. The van der Waals surface area contributed by atoms with Crippen LogP contribution in [0.25, 0.3) is 0 Å². The molecular formula is C19H16FN7O3. The third-order valence-corrected chi connectivity index (χ3v) is 3.87. The molecule has 3 heterocycles. The van der Waals surface area contributed by atoms with Crippen molar-refractivity contribution in [2.45, 2.75) is 13.2 Å². The van der Waals surface area contributed by atoms with Crippen molar-refractivity contribution in [1.29, 1.82) is 0 Å². The minimum absolute atomic E-state index is 0.0452. The molecule has 10 nitrogen and oxygen atoms in total. The first-order valence-corrected chi connectivity index (χ1v) is 8.81. The zero-order chi connectivity index (χ0) is 20.9. The fourth-order valence-electron chi connectivity index (χ4n) is 2.55. The van der Waals surface area contributed by atoms with E-state index in [0.29, 0.717) is 18.0 Å². The molecule has 0 radical (unpaired) electrons. The molecule has 4 rings (SSSR count). The van der Waals surface area contributed by atoms with Crippen LogP contribution in [0.4, 0.5) is 22.0 Å². The van der Waals surface area contributed by atoms with E-state index in [1.807, 2.05) is 0 Å². The topological polar surface area (TPSA) is 134 Å². The SMILES string of the molecule is Nc1nc(COC(=O)c2ccc(Cn3cccn3)o2)nc(Nc2ccc(F)cc2)n1. The molecule has 0 atom stereocenters. The van der Waals surface area contributed by atoms with Crippen molar-refractivity contribution in [1.82, 2.24) is 24.7 Å². The molecule has 0 spiro atoms. The van der Waals surface area contributed by atoms with Crippen molar-refractivity contribution in [3.63, 3.8) is 0 Å². The van der Waals surface area contributed by atoms with Gasteiger partial charge in [0.15, 0.2) is 12.4 Å². The molecule has 11 heteroatoms. The van der Waals surface area contributed by atoms with Crippen molar-refractivity contribution >= 4 is 23.6 Å². The van der Waals surface area contributed by atoms with Crippen LogP contribution >= 0.6 is 0 Å². The summed E-state index contributed by atoms with van der Waals surface area (Å²) in [7, 11) is 0. The Morgan fingerprint density at radius 1 is 1.17 bits per heavy atom. The predicted molar refractivity (Wildman–Crippen MR) is 103 cm³/mol. The highest BCUT2D eigenvalue weighted by Crippen LogP contribution is 2.15. The summed E-state index contributed by atoms with van der Waals surface area (Å²) in [5.41, 5.74) is 6.25. The molecule has 0 fully saturated rings. The minimum atomic E-state index is -0.672. The van der Waals surface area contributed by atoms with Gasteiger partial charge in [0.05, 0.1) is 6.54 Å². The van der Waals surface area contributed by atoms with Gasteiger partial charge in [0.2, 0.25) is 17.7 Å². The van der Waals surface area contributed by atoms with Crippen LogP contribution in [0.5, 0.6) is 0 Å². The summed E-state index contributed by atoms with van der Waals surface area (Å²) in [4.78, 5) is 24.3. The fourth-order valence-corrected chi connectivity index (χ4v) is 2.55. The molecule has 0 bridgehead atoms. The molecule has 0 aliphatic carbocycles. The predicted octanol–water partition coefficient (Wildman–Crippen LogP) is 2.53. The van der Waals surface area contributed by atoms with E-state index in [9.17, 15) is 9.18 Å².